The Balaban J connectivity index is 0.862. The number of nitrogens with zero attached hydrogens (tertiary/aromatic N) is 5. The highest BCUT2D eigenvalue weighted by Gasteiger charge is 2.41. The summed E-state index contributed by atoms with van der Waals surface area (Å²) in [7, 11) is 0. The Hall–Kier alpha value is -6.28. The van der Waals surface area contributed by atoms with Crippen LogP contribution in [0.25, 0.3) is 33.6 Å². The second-order valence-electron chi connectivity index (χ2n) is 17.1. The number of halogens is 1. The molecule has 63 heavy (non-hydrogen) atoms. The minimum absolute atomic E-state index is 0.0797. The molecule has 0 aliphatic carbocycles. The van der Waals surface area contributed by atoms with Crippen molar-refractivity contribution in [1.29, 1.82) is 0 Å². The first-order valence-electron chi connectivity index (χ1n) is 21.7. The number of likely N-dealkylation sites (tertiary alicyclic amines) is 3. The summed E-state index contributed by atoms with van der Waals surface area (Å²) >= 11 is 6.40. The molecule has 0 spiro atoms. The number of aromatic nitrogens is 4. The summed E-state index contributed by atoms with van der Waals surface area (Å²) in [5.41, 5.74) is 11.8. The Bertz CT molecular complexity index is 2570. The van der Waals surface area contributed by atoms with Crippen LogP contribution in [0.3, 0.4) is 0 Å². The van der Waals surface area contributed by atoms with Crippen molar-refractivity contribution >= 4 is 29.5 Å². The van der Waals surface area contributed by atoms with Gasteiger partial charge in [0.05, 0.1) is 41.5 Å². The van der Waals surface area contributed by atoms with Crippen LogP contribution >= 0.6 is 11.6 Å². The first-order chi connectivity index (χ1) is 30.5. The summed E-state index contributed by atoms with van der Waals surface area (Å²) in [4.78, 5) is 62.5. The fourth-order valence-electron chi connectivity index (χ4n) is 9.39. The minimum Gasteiger partial charge on any atom is -0.431 e. The molecule has 324 valence electrons. The molecule has 2 aromatic heterocycles. The van der Waals surface area contributed by atoms with E-state index in [4.69, 9.17) is 27.1 Å². The third-order valence-electron chi connectivity index (χ3n) is 12.9. The Morgan fingerprint density at radius 2 is 1.21 bits per heavy atom. The monoisotopic (exact) mass is 866 g/mol. The van der Waals surface area contributed by atoms with Gasteiger partial charge in [-0.05, 0) is 79.3 Å². The molecule has 4 atom stereocenters. The molecular weight excluding hydrogens is 816 g/mol. The number of carbonyl (C=O) groups is 3. The van der Waals surface area contributed by atoms with Crippen molar-refractivity contribution in [1.82, 2.24) is 34.6 Å². The van der Waals surface area contributed by atoms with E-state index in [2.05, 4.69) is 56.3 Å². The van der Waals surface area contributed by atoms with Crippen LogP contribution in [-0.4, -0.2) is 89.4 Å². The Morgan fingerprint density at radius 1 is 0.714 bits per heavy atom. The largest absolute Gasteiger partial charge is 0.431 e. The lowest BCUT2D eigenvalue weighted by Crippen LogP contribution is -2.49. The number of amides is 3. The van der Waals surface area contributed by atoms with E-state index in [0.717, 1.165) is 64.3 Å². The van der Waals surface area contributed by atoms with Crippen molar-refractivity contribution in [2.24, 2.45) is 5.73 Å². The molecule has 6 aromatic rings. The summed E-state index contributed by atoms with van der Waals surface area (Å²) in [5.74, 6) is 1.11. The van der Waals surface area contributed by atoms with Gasteiger partial charge in [0, 0.05) is 36.8 Å². The molecule has 13 nitrogen and oxygen atoms in total. The molecule has 0 bridgehead atoms. The van der Waals surface area contributed by atoms with Crippen LogP contribution < -0.4 is 5.73 Å². The number of imidazole rings is 2. The number of aromatic amines is 2. The molecule has 0 saturated carbocycles. The number of nitrogens with one attached hydrogen (secondary N) is 2. The summed E-state index contributed by atoms with van der Waals surface area (Å²) < 4.78 is 5.31. The maximum Gasteiger partial charge on any atom is 0.405 e. The number of piperidine rings is 1. The standard InChI is InChI=1S/C49H51ClN8O5/c1-49(62)23-27-56(28-24-49)42(35-9-3-2-4-10-35)46(59)57-25-7-13-40(57)44-52-29-38(54-44)33-19-15-31(16-20-33)32-17-21-34(22-18-32)39-30-53-45(55-39)41-14-8-26-58(41)47(60)43(63-48(51)61)36-11-5-6-12-37(36)50/h2-6,9-12,15-22,29-30,40-43,62H,7-8,13-14,23-28H2,1H3,(H2,51,61)(H,52,54)(H,53,55)/t40-,41-,42+,43+/m0/s1. The highest BCUT2D eigenvalue weighted by molar-refractivity contribution is 6.31. The van der Waals surface area contributed by atoms with Crippen LogP contribution in [0.2, 0.25) is 5.02 Å². The van der Waals surface area contributed by atoms with Crippen molar-refractivity contribution < 1.29 is 24.2 Å². The molecule has 5 N–H and O–H groups in total. The van der Waals surface area contributed by atoms with E-state index in [1.807, 2.05) is 60.5 Å². The van der Waals surface area contributed by atoms with E-state index in [0.29, 0.717) is 61.9 Å². The van der Waals surface area contributed by atoms with E-state index >= 15 is 0 Å². The highest BCUT2D eigenvalue weighted by Crippen LogP contribution is 2.39. The van der Waals surface area contributed by atoms with Crippen LogP contribution in [0.4, 0.5) is 4.79 Å². The van der Waals surface area contributed by atoms with Crippen LogP contribution in [-0.2, 0) is 14.3 Å². The lowest BCUT2D eigenvalue weighted by atomic mass is 9.91. The number of carbonyl (C=O) groups excluding carboxylic acids is 3. The zero-order chi connectivity index (χ0) is 43.7. The van der Waals surface area contributed by atoms with E-state index in [9.17, 15) is 19.5 Å². The molecule has 3 aliphatic heterocycles. The van der Waals surface area contributed by atoms with Gasteiger partial charge in [0.1, 0.15) is 17.7 Å². The molecule has 5 heterocycles. The number of ether oxygens (including phenoxy) is 1. The zero-order valence-corrected chi connectivity index (χ0v) is 35.9. The average Bonchev–Trinajstić information content (AvgIpc) is 4.14. The summed E-state index contributed by atoms with van der Waals surface area (Å²) in [6.07, 6.45) is 5.74. The molecule has 14 heteroatoms. The van der Waals surface area contributed by atoms with Crippen molar-refractivity contribution in [3.05, 3.63) is 143 Å². The average molecular weight is 867 g/mol. The van der Waals surface area contributed by atoms with Crippen LogP contribution in [0, 0.1) is 0 Å². The molecule has 3 aliphatic rings. The van der Waals surface area contributed by atoms with Crippen LogP contribution in [0.1, 0.15) is 92.5 Å². The lowest BCUT2D eigenvalue weighted by molar-refractivity contribution is -0.142. The zero-order valence-electron chi connectivity index (χ0n) is 35.1. The molecule has 9 rings (SSSR count). The Kier molecular flexibility index (Phi) is 11.9. The highest BCUT2D eigenvalue weighted by atomic mass is 35.5. The van der Waals surface area contributed by atoms with Gasteiger partial charge in [-0.2, -0.15) is 0 Å². The number of primary amides is 1. The third kappa shape index (κ3) is 8.86. The topological polar surface area (TPSA) is 174 Å². The number of benzene rings is 4. The Labute approximate surface area is 371 Å². The summed E-state index contributed by atoms with van der Waals surface area (Å²) in [6, 6.07) is 32.4. The maximum atomic E-state index is 14.5. The van der Waals surface area contributed by atoms with E-state index in [-0.39, 0.29) is 18.0 Å². The normalized spacial score (nSPS) is 19.8. The van der Waals surface area contributed by atoms with Gasteiger partial charge < -0.3 is 35.3 Å². The lowest BCUT2D eigenvalue weighted by Gasteiger charge is -2.41. The van der Waals surface area contributed by atoms with Gasteiger partial charge in [-0.25, -0.2) is 14.8 Å². The number of H-pyrrole nitrogens is 2. The van der Waals surface area contributed by atoms with Gasteiger partial charge in [-0.1, -0.05) is 109 Å². The van der Waals surface area contributed by atoms with Gasteiger partial charge in [-0.15, -0.1) is 0 Å². The predicted molar refractivity (Wildman–Crippen MR) is 240 cm³/mol. The quantitative estimate of drug-likeness (QED) is 0.100. The molecule has 4 aromatic carbocycles. The Morgan fingerprint density at radius 3 is 1.73 bits per heavy atom. The summed E-state index contributed by atoms with van der Waals surface area (Å²) in [6.45, 7) is 4.33. The number of hydrogen-bond donors (Lipinski definition) is 4. The van der Waals surface area contributed by atoms with Gasteiger partial charge in [0.2, 0.25) is 12.0 Å². The van der Waals surface area contributed by atoms with Crippen molar-refractivity contribution in [3.8, 4) is 33.6 Å². The molecular formula is C49H51ClN8O5. The first kappa shape index (κ1) is 42.0. The van der Waals surface area contributed by atoms with E-state index < -0.39 is 29.7 Å². The number of rotatable bonds is 11. The summed E-state index contributed by atoms with van der Waals surface area (Å²) in [5, 5.41) is 11.0. The fraction of sp³-hybridized carbons (Fsp3) is 0.327. The number of aliphatic hydroxyl groups is 1. The molecule has 3 fully saturated rings. The fourth-order valence-corrected chi connectivity index (χ4v) is 9.62. The molecule has 0 radical (unpaired) electrons. The van der Waals surface area contributed by atoms with Crippen LogP contribution in [0.15, 0.2) is 116 Å². The second-order valence-corrected chi connectivity index (χ2v) is 17.5. The van der Waals surface area contributed by atoms with Crippen molar-refractivity contribution in [2.45, 2.75) is 75.3 Å². The van der Waals surface area contributed by atoms with Gasteiger partial charge in [0.15, 0.2) is 0 Å². The van der Waals surface area contributed by atoms with Crippen molar-refractivity contribution in [2.75, 3.05) is 26.2 Å². The van der Waals surface area contributed by atoms with Crippen molar-refractivity contribution in [3.63, 3.8) is 0 Å². The molecule has 3 saturated heterocycles. The molecule has 3 amide bonds. The second kappa shape index (κ2) is 17.8. The third-order valence-corrected chi connectivity index (χ3v) is 13.2. The predicted octanol–water partition coefficient (Wildman–Crippen LogP) is 8.54. The number of nitrogens with two attached hydrogens (primary N) is 1. The smallest absolute Gasteiger partial charge is 0.405 e. The van der Waals surface area contributed by atoms with Crippen LogP contribution in [0.5, 0.6) is 0 Å². The van der Waals surface area contributed by atoms with E-state index in [1.54, 1.807) is 35.4 Å². The first-order valence-corrected chi connectivity index (χ1v) is 22.0. The number of hydrogen-bond acceptors (Lipinski definition) is 8. The minimum atomic E-state index is -1.27. The van der Waals surface area contributed by atoms with Gasteiger partial charge >= 0.3 is 6.09 Å². The molecule has 0 unspecified atom stereocenters. The SMILES string of the molecule is CC1(O)CCN([C@@H](C(=O)N2CCC[C@H]2c2ncc(-c3ccc(-c4ccc(-c5cnc([C@@H]6CCCN6C(=O)[C@H](OC(N)=O)c6ccccc6Cl)[nH]5)cc4)cc3)[nH]2)c2ccccc2)CC1. The van der Waals surface area contributed by atoms with Gasteiger partial charge in [0.25, 0.3) is 5.91 Å². The van der Waals surface area contributed by atoms with Gasteiger partial charge in [-0.3, -0.25) is 14.5 Å². The maximum absolute atomic E-state index is 14.5. The van der Waals surface area contributed by atoms with E-state index in [1.165, 1.54) is 0 Å².